The lowest BCUT2D eigenvalue weighted by molar-refractivity contribution is -0.274. The van der Waals surface area contributed by atoms with Crippen LogP contribution in [0.2, 0.25) is 0 Å². The molecule has 0 aliphatic carbocycles. The van der Waals surface area contributed by atoms with Crippen LogP contribution >= 0.6 is 0 Å². The van der Waals surface area contributed by atoms with E-state index in [0.717, 1.165) is 31.5 Å². The van der Waals surface area contributed by atoms with Gasteiger partial charge in [-0.05, 0) is 37.1 Å². The summed E-state index contributed by atoms with van der Waals surface area (Å²) in [7, 11) is 0. The smallest absolute Gasteiger partial charge is 0.406 e. The van der Waals surface area contributed by atoms with Crippen molar-refractivity contribution in [1.82, 2.24) is 19.7 Å². The third kappa shape index (κ3) is 4.44. The molecule has 1 aliphatic heterocycles. The van der Waals surface area contributed by atoms with E-state index in [-0.39, 0.29) is 5.75 Å². The van der Waals surface area contributed by atoms with Crippen LogP contribution in [-0.4, -0.2) is 39.1 Å². The fourth-order valence-electron chi connectivity index (χ4n) is 2.85. The van der Waals surface area contributed by atoms with Gasteiger partial charge in [-0.2, -0.15) is 5.10 Å². The van der Waals surface area contributed by atoms with Crippen LogP contribution in [0.5, 0.6) is 5.75 Å². The summed E-state index contributed by atoms with van der Waals surface area (Å²) < 4.78 is 42.2. The van der Waals surface area contributed by atoms with Crippen LogP contribution in [0.1, 0.15) is 24.4 Å². The van der Waals surface area contributed by atoms with Crippen LogP contribution in [0, 0.1) is 0 Å². The lowest BCUT2D eigenvalue weighted by Gasteiger charge is -2.32. The van der Waals surface area contributed by atoms with Gasteiger partial charge in [0.2, 0.25) is 0 Å². The van der Waals surface area contributed by atoms with Crippen molar-refractivity contribution in [2.75, 3.05) is 13.1 Å². The summed E-state index contributed by atoms with van der Waals surface area (Å²) in [6, 6.07) is 6.32. The number of likely N-dealkylation sites (tertiary alicyclic amines) is 1. The fourth-order valence-corrected chi connectivity index (χ4v) is 2.85. The summed E-state index contributed by atoms with van der Waals surface area (Å²) in [4.78, 5) is 6.25. The molecule has 2 heterocycles. The molecule has 0 bridgehead atoms. The van der Waals surface area contributed by atoms with E-state index in [4.69, 9.17) is 0 Å². The largest absolute Gasteiger partial charge is 0.573 e. The summed E-state index contributed by atoms with van der Waals surface area (Å²) in [6.07, 6.45) is 0.702. The standard InChI is InChI=1S/C15H17F3N4O/c16-15(17,18)23-14-5-3-12(4-6-14)8-21-7-1-2-13(9-21)22-11-19-10-20-22/h3-6,10-11,13H,1-2,7-9H2/t13-/m1/s1. The molecule has 0 saturated carbocycles. The molecule has 1 saturated heterocycles. The predicted molar refractivity (Wildman–Crippen MR) is 76.7 cm³/mol. The van der Waals surface area contributed by atoms with Crippen LogP contribution in [0.3, 0.4) is 0 Å². The SMILES string of the molecule is FC(F)(F)Oc1ccc(CN2CCC[C@@H](n3cncn3)C2)cc1. The maximum Gasteiger partial charge on any atom is 0.573 e. The first-order valence-electron chi connectivity index (χ1n) is 7.41. The zero-order valence-corrected chi connectivity index (χ0v) is 12.4. The van der Waals surface area contributed by atoms with Crippen molar-refractivity contribution in [1.29, 1.82) is 0 Å². The van der Waals surface area contributed by atoms with Gasteiger partial charge in [0.05, 0.1) is 6.04 Å². The number of hydrogen-bond acceptors (Lipinski definition) is 4. The minimum absolute atomic E-state index is 0.194. The Morgan fingerprint density at radius 1 is 1.22 bits per heavy atom. The number of alkyl halides is 3. The molecule has 0 spiro atoms. The lowest BCUT2D eigenvalue weighted by atomic mass is 10.0. The lowest BCUT2D eigenvalue weighted by Crippen LogP contribution is -2.36. The Morgan fingerprint density at radius 3 is 2.65 bits per heavy atom. The topological polar surface area (TPSA) is 43.2 Å². The second kappa shape index (κ2) is 6.57. The first kappa shape index (κ1) is 15.8. The highest BCUT2D eigenvalue weighted by molar-refractivity contribution is 5.27. The number of ether oxygens (including phenoxy) is 1. The molecule has 124 valence electrons. The van der Waals surface area contributed by atoms with E-state index in [1.165, 1.54) is 18.5 Å². The van der Waals surface area contributed by atoms with Crippen molar-refractivity contribution in [3.63, 3.8) is 0 Å². The fraction of sp³-hybridized carbons (Fsp3) is 0.467. The molecule has 1 aromatic carbocycles. The van der Waals surface area contributed by atoms with Gasteiger partial charge < -0.3 is 4.74 Å². The minimum atomic E-state index is -4.65. The number of halogens is 3. The summed E-state index contributed by atoms with van der Waals surface area (Å²) in [5.41, 5.74) is 0.957. The van der Waals surface area contributed by atoms with Gasteiger partial charge in [-0.1, -0.05) is 12.1 Å². The maximum atomic E-state index is 12.1. The number of piperidine rings is 1. The van der Waals surface area contributed by atoms with E-state index < -0.39 is 6.36 Å². The van der Waals surface area contributed by atoms with Crippen LogP contribution in [-0.2, 0) is 6.54 Å². The number of aromatic nitrogens is 3. The molecule has 1 atom stereocenters. The second-order valence-corrected chi connectivity index (χ2v) is 5.60. The van der Waals surface area contributed by atoms with Gasteiger partial charge in [0.1, 0.15) is 18.4 Å². The molecule has 0 amide bonds. The molecular formula is C15H17F3N4O. The van der Waals surface area contributed by atoms with Gasteiger partial charge >= 0.3 is 6.36 Å². The normalized spacial score (nSPS) is 19.7. The summed E-state index contributed by atoms with van der Waals surface area (Å²) in [5, 5.41) is 4.18. The van der Waals surface area contributed by atoms with Crippen LogP contribution in [0.4, 0.5) is 13.2 Å². The molecule has 1 fully saturated rings. The van der Waals surface area contributed by atoms with Crippen molar-refractivity contribution in [3.05, 3.63) is 42.5 Å². The van der Waals surface area contributed by atoms with Crippen LogP contribution in [0.15, 0.2) is 36.9 Å². The minimum Gasteiger partial charge on any atom is -0.406 e. The van der Waals surface area contributed by atoms with Crippen molar-refractivity contribution in [3.8, 4) is 5.75 Å². The van der Waals surface area contributed by atoms with Crippen LogP contribution in [0.25, 0.3) is 0 Å². The van der Waals surface area contributed by atoms with E-state index in [2.05, 4.69) is 19.7 Å². The van der Waals surface area contributed by atoms with Gasteiger partial charge in [0, 0.05) is 13.1 Å². The number of nitrogens with zero attached hydrogens (tertiary/aromatic N) is 4. The zero-order chi connectivity index (χ0) is 16.3. The molecule has 23 heavy (non-hydrogen) atoms. The molecule has 0 radical (unpaired) electrons. The molecule has 3 rings (SSSR count). The molecular weight excluding hydrogens is 309 g/mol. The second-order valence-electron chi connectivity index (χ2n) is 5.60. The van der Waals surface area contributed by atoms with E-state index in [0.29, 0.717) is 12.6 Å². The first-order chi connectivity index (χ1) is 11.0. The van der Waals surface area contributed by atoms with Gasteiger partial charge in [0.25, 0.3) is 0 Å². The Balaban J connectivity index is 1.58. The molecule has 8 heteroatoms. The first-order valence-corrected chi connectivity index (χ1v) is 7.41. The van der Waals surface area contributed by atoms with E-state index in [1.807, 2.05) is 4.68 Å². The van der Waals surface area contributed by atoms with Crippen molar-refractivity contribution in [2.24, 2.45) is 0 Å². The van der Waals surface area contributed by atoms with Crippen molar-refractivity contribution < 1.29 is 17.9 Å². The zero-order valence-electron chi connectivity index (χ0n) is 12.4. The number of benzene rings is 1. The molecule has 5 nitrogen and oxygen atoms in total. The summed E-state index contributed by atoms with van der Waals surface area (Å²) >= 11 is 0. The Bertz CT molecular complexity index is 613. The van der Waals surface area contributed by atoms with Crippen LogP contribution < -0.4 is 4.74 Å². The quantitative estimate of drug-likeness (QED) is 0.866. The van der Waals surface area contributed by atoms with E-state index >= 15 is 0 Å². The average molecular weight is 326 g/mol. The van der Waals surface area contributed by atoms with E-state index in [9.17, 15) is 13.2 Å². The maximum absolute atomic E-state index is 12.1. The molecule has 0 N–H and O–H groups in total. The number of hydrogen-bond donors (Lipinski definition) is 0. The monoisotopic (exact) mass is 326 g/mol. The summed E-state index contributed by atoms with van der Waals surface area (Å²) in [6.45, 7) is 2.51. The highest BCUT2D eigenvalue weighted by atomic mass is 19.4. The molecule has 0 unspecified atom stereocenters. The van der Waals surface area contributed by atoms with Crippen molar-refractivity contribution in [2.45, 2.75) is 31.8 Å². The van der Waals surface area contributed by atoms with Gasteiger partial charge in [-0.25, -0.2) is 9.67 Å². The highest BCUT2D eigenvalue weighted by Gasteiger charge is 2.31. The highest BCUT2D eigenvalue weighted by Crippen LogP contribution is 2.25. The molecule has 2 aromatic rings. The van der Waals surface area contributed by atoms with Gasteiger partial charge in [-0.3, -0.25) is 4.90 Å². The van der Waals surface area contributed by atoms with Crippen molar-refractivity contribution >= 4 is 0 Å². The Labute approximate surface area is 131 Å². The molecule has 1 aliphatic rings. The Morgan fingerprint density at radius 2 is 2.00 bits per heavy atom. The predicted octanol–water partition coefficient (Wildman–Crippen LogP) is 3.01. The molecule has 1 aromatic heterocycles. The third-order valence-electron chi connectivity index (χ3n) is 3.85. The Hall–Kier alpha value is -2.09. The number of rotatable bonds is 4. The summed E-state index contributed by atoms with van der Waals surface area (Å²) in [5.74, 6) is -0.194. The van der Waals surface area contributed by atoms with Gasteiger partial charge in [0.15, 0.2) is 0 Å². The average Bonchev–Trinajstić information content (AvgIpc) is 3.02. The van der Waals surface area contributed by atoms with E-state index in [1.54, 1.807) is 18.5 Å². The Kier molecular flexibility index (Phi) is 4.51. The third-order valence-corrected chi connectivity index (χ3v) is 3.85. The van der Waals surface area contributed by atoms with Gasteiger partial charge in [-0.15, -0.1) is 13.2 Å².